The monoisotopic (exact) mass is 501 g/mol. The number of halogens is 1. The van der Waals surface area contributed by atoms with Crippen molar-refractivity contribution in [1.82, 2.24) is 4.98 Å². The highest BCUT2D eigenvalue weighted by Crippen LogP contribution is 2.50. The van der Waals surface area contributed by atoms with Crippen LogP contribution in [0, 0.1) is 23.7 Å². The van der Waals surface area contributed by atoms with Crippen LogP contribution >= 0.6 is 30.1 Å². The molecule has 1 aromatic heterocycles. The quantitative estimate of drug-likeness (QED) is 0.184. The summed E-state index contributed by atoms with van der Waals surface area (Å²) in [6.07, 6.45) is 0. The van der Waals surface area contributed by atoms with Crippen molar-refractivity contribution in [2.75, 3.05) is 0 Å². The van der Waals surface area contributed by atoms with E-state index >= 15 is 0 Å². The molecule has 178 valence electrons. The molecule has 0 saturated heterocycles. The molecule has 0 fully saturated rings. The summed E-state index contributed by atoms with van der Waals surface area (Å²) in [7, 11) is 6.24. The Morgan fingerprint density at radius 1 is 0.758 bits per heavy atom. The van der Waals surface area contributed by atoms with Crippen molar-refractivity contribution in [2.24, 2.45) is 23.7 Å². The Bertz CT molecular complexity index is 1180. The number of hydrogen-bond acceptors (Lipinski definition) is 2. The fourth-order valence-electron chi connectivity index (χ4n) is 5.34. The molecule has 3 aromatic rings. The van der Waals surface area contributed by atoms with E-state index in [9.17, 15) is 4.79 Å². The third-order valence-corrected chi connectivity index (χ3v) is 11.2. The first-order valence-electron chi connectivity index (χ1n) is 11.9. The first-order valence-corrected chi connectivity index (χ1v) is 13.4. The van der Waals surface area contributed by atoms with Crippen molar-refractivity contribution in [2.45, 2.75) is 65.7 Å². The Morgan fingerprint density at radius 3 is 1.73 bits per heavy atom. The Morgan fingerprint density at radius 2 is 1.24 bits per heavy atom. The first-order chi connectivity index (χ1) is 15.3. The highest BCUT2D eigenvalue weighted by molar-refractivity contribution is 7.18. The molecule has 0 bridgehead atoms. The van der Waals surface area contributed by atoms with Gasteiger partial charge in [0.1, 0.15) is 0 Å². The van der Waals surface area contributed by atoms with Crippen molar-refractivity contribution in [1.29, 1.82) is 0 Å². The molecule has 5 heteroatoms. The maximum atomic E-state index is 12.2. The molecule has 0 aliphatic heterocycles. The maximum absolute atomic E-state index is 12.2. The van der Waals surface area contributed by atoms with Crippen LogP contribution in [0.4, 0.5) is 0 Å². The molecule has 0 aliphatic rings. The highest BCUT2D eigenvalue weighted by Gasteiger charge is 2.38. The Kier molecular flexibility index (Phi) is 7.66. The average Bonchev–Trinajstić information content (AvgIpc) is 2.74. The van der Waals surface area contributed by atoms with E-state index < -0.39 is 5.24 Å². The normalized spacial score (nSPS) is 13.3. The van der Waals surface area contributed by atoms with E-state index in [1.165, 1.54) is 5.56 Å². The summed E-state index contributed by atoms with van der Waals surface area (Å²) >= 11 is 5.99. The van der Waals surface area contributed by atoms with Gasteiger partial charge in [0.2, 0.25) is 0 Å². The highest BCUT2D eigenvalue weighted by atomic mass is 35.5. The van der Waals surface area contributed by atoms with Crippen molar-refractivity contribution in [3.8, 4) is 0 Å². The molecular weight excluding hydrogens is 464 g/mol. The number of carbonyl (C=O) groups excluding carboxylic acids is 1. The zero-order chi connectivity index (χ0) is 24.9. The fourth-order valence-corrected chi connectivity index (χ4v) is 5.91. The average molecular weight is 502 g/mol. The van der Waals surface area contributed by atoms with Crippen LogP contribution < -0.4 is 0 Å². The van der Waals surface area contributed by atoms with Crippen LogP contribution in [0.5, 0.6) is 0 Å². The van der Waals surface area contributed by atoms with Crippen LogP contribution in [-0.4, -0.2) is 10.2 Å². The van der Waals surface area contributed by atoms with Crippen LogP contribution in [0.25, 0.3) is 21.8 Å². The number of para-hydroxylation sites is 1. The molecule has 2 aromatic carbocycles. The summed E-state index contributed by atoms with van der Waals surface area (Å²) < 4.78 is 0. The minimum absolute atomic E-state index is 0.0967. The third kappa shape index (κ3) is 4.37. The second kappa shape index (κ2) is 9.53. The largest absolute Gasteiger partial charge is 0.276 e. The van der Waals surface area contributed by atoms with Crippen LogP contribution in [0.3, 0.4) is 0 Å². The lowest BCUT2D eigenvalue weighted by molar-refractivity contribution is 0.108. The fraction of sp³-hybridized carbons (Fsp3) is 0.500. The van der Waals surface area contributed by atoms with Crippen LogP contribution in [0.15, 0.2) is 36.4 Å². The van der Waals surface area contributed by atoms with E-state index in [0.717, 1.165) is 27.4 Å². The summed E-state index contributed by atoms with van der Waals surface area (Å²) in [5, 5.41) is 1.26. The molecule has 33 heavy (non-hydrogen) atoms. The van der Waals surface area contributed by atoms with E-state index in [-0.39, 0.29) is 10.3 Å². The number of hydrogen-bond donors (Lipinski definition) is 0. The Labute approximate surface area is 209 Å². The lowest BCUT2D eigenvalue weighted by Crippen LogP contribution is -2.32. The first kappa shape index (κ1) is 26.5. The van der Waals surface area contributed by atoms with Gasteiger partial charge < -0.3 is 0 Å². The number of rotatable bonds is 7. The van der Waals surface area contributed by atoms with Gasteiger partial charge in [-0.15, -0.1) is 18.5 Å². The molecule has 2 unspecified atom stereocenters. The van der Waals surface area contributed by atoms with Gasteiger partial charge in [0, 0.05) is 26.6 Å². The molecule has 3 rings (SSSR count). The standard InChI is InChI=1S/C28H38ClNOP2/c1-15(2)27(32,16(3)4)22-11-9-10-19-12-20-13-21(26(29)31)14-23(25(20)30-24(19)22)28(33,17(5)6)18(7)8/h9-18H,32-33H2,1-8H3. The smallest absolute Gasteiger partial charge is 0.252 e. The lowest BCUT2D eigenvalue weighted by atomic mass is 9.76. The molecule has 2 nitrogen and oxygen atoms in total. The number of nitrogens with zero attached hydrogens (tertiary/aromatic N) is 1. The molecule has 0 radical (unpaired) electrons. The van der Waals surface area contributed by atoms with Crippen molar-refractivity contribution in [3.05, 3.63) is 53.1 Å². The molecule has 0 aliphatic carbocycles. The number of benzene rings is 2. The van der Waals surface area contributed by atoms with E-state index in [1.54, 1.807) is 0 Å². The van der Waals surface area contributed by atoms with Gasteiger partial charge in [0.25, 0.3) is 5.24 Å². The van der Waals surface area contributed by atoms with Gasteiger partial charge in [0.05, 0.1) is 11.0 Å². The maximum Gasteiger partial charge on any atom is 0.252 e. The van der Waals surface area contributed by atoms with Gasteiger partial charge in [0.15, 0.2) is 0 Å². The van der Waals surface area contributed by atoms with Crippen molar-refractivity contribution < 1.29 is 4.79 Å². The minimum Gasteiger partial charge on any atom is -0.276 e. The van der Waals surface area contributed by atoms with Gasteiger partial charge in [-0.2, -0.15) is 0 Å². The summed E-state index contributed by atoms with van der Waals surface area (Å²) in [4.78, 5) is 17.6. The van der Waals surface area contributed by atoms with Gasteiger partial charge in [-0.25, -0.2) is 4.98 Å². The molecule has 0 amide bonds. The van der Waals surface area contributed by atoms with Crippen LogP contribution in [0.1, 0.15) is 76.9 Å². The van der Waals surface area contributed by atoms with E-state index in [1.807, 2.05) is 12.1 Å². The summed E-state index contributed by atoms with van der Waals surface area (Å²) in [6, 6.07) is 12.5. The summed E-state index contributed by atoms with van der Waals surface area (Å²) in [6.45, 7) is 18.0. The predicted octanol–water partition coefficient (Wildman–Crippen LogP) is 8.53. The molecule has 2 atom stereocenters. The van der Waals surface area contributed by atoms with E-state index in [2.05, 4.69) is 98.1 Å². The minimum atomic E-state index is -0.435. The van der Waals surface area contributed by atoms with E-state index in [4.69, 9.17) is 16.6 Å². The number of aromatic nitrogens is 1. The zero-order valence-corrected chi connectivity index (χ0v) is 24.2. The summed E-state index contributed by atoms with van der Waals surface area (Å²) in [5.74, 6) is 1.50. The Balaban J connectivity index is 2.52. The van der Waals surface area contributed by atoms with Gasteiger partial charge in [-0.05, 0) is 64.6 Å². The second-order valence-electron chi connectivity index (χ2n) is 10.7. The SMILES string of the molecule is CC(C)C(P)(c1cccc2cc3cc(C(=O)Cl)cc(C(P)(C(C)C)C(C)C)c3nc12)C(C)C. The molecule has 0 saturated carbocycles. The van der Waals surface area contributed by atoms with Crippen LogP contribution in [-0.2, 0) is 10.3 Å². The van der Waals surface area contributed by atoms with Crippen molar-refractivity contribution in [3.63, 3.8) is 0 Å². The lowest BCUT2D eigenvalue weighted by Gasteiger charge is -2.40. The van der Waals surface area contributed by atoms with Gasteiger partial charge in [-0.3, -0.25) is 4.79 Å². The topological polar surface area (TPSA) is 30.0 Å². The second-order valence-corrected chi connectivity index (χ2v) is 13.0. The van der Waals surface area contributed by atoms with Crippen molar-refractivity contribution >= 4 is 57.1 Å². The number of pyridine rings is 1. The molecule has 1 heterocycles. The molecule has 0 N–H and O–H groups in total. The zero-order valence-electron chi connectivity index (χ0n) is 21.2. The van der Waals surface area contributed by atoms with Gasteiger partial charge >= 0.3 is 0 Å². The summed E-state index contributed by atoms with van der Waals surface area (Å²) in [5.41, 5.74) is 4.83. The van der Waals surface area contributed by atoms with Crippen LogP contribution in [0.2, 0.25) is 0 Å². The number of carbonyl (C=O) groups is 1. The number of fused-ring (bicyclic) bond motifs is 2. The predicted molar refractivity (Wildman–Crippen MR) is 152 cm³/mol. The Hall–Kier alpha value is -1.07. The third-order valence-electron chi connectivity index (χ3n) is 7.72. The van der Waals surface area contributed by atoms with E-state index in [0.29, 0.717) is 29.2 Å². The molecular formula is C28H38ClNOP2. The van der Waals surface area contributed by atoms with Gasteiger partial charge in [-0.1, -0.05) is 73.6 Å². The molecule has 0 spiro atoms.